The highest BCUT2D eigenvalue weighted by molar-refractivity contribution is 6.12. The number of hydrogen-bond acceptors (Lipinski definition) is 4. The number of benzene rings is 1. The number of carbonyl (C=O) groups is 2. The minimum absolute atomic E-state index is 0.0408. The number of nitrogens with one attached hydrogen (secondary N) is 2. The van der Waals surface area contributed by atoms with Crippen LogP contribution in [-0.4, -0.2) is 16.9 Å². The molecule has 0 atom stereocenters. The number of amides is 3. The molecule has 1 heterocycles. The molecule has 2 rings (SSSR count). The van der Waals surface area contributed by atoms with Crippen LogP contribution in [0.4, 0.5) is 10.5 Å². The van der Waals surface area contributed by atoms with Gasteiger partial charge in [-0.15, -0.1) is 0 Å². The first-order valence-electron chi connectivity index (χ1n) is 4.79. The average molecular weight is 228 g/mol. The van der Waals surface area contributed by atoms with E-state index in [1.54, 1.807) is 30.3 Å². The Labute approximate surface area is 97.1 Å². The van der Waals surface area contributed by atoms with Crippen molar-refractivity contribution in [2.75, 3.05) is 5.43 Å². The Kier molecular flexibility index (Phi) is 2.75. The Balaban J connectivity index is 2.18. The molecule has 0 spiro atoms. The molecule has 1 aliphatic rings. The topological polar surface area (TPSA) is 85.2 Å². The zero-order valence-electron chi connectivity index (χ0n) is 8.68. The largest absolute Gasteiger partial charge is 0.348 e. The first kappa shape index (κ1) is 10.7. The van der Waals surface area contributed by atoms with E-state index in [0.29, 0.717) is 5.69 Å². The van der Waals surface area contributed by atoms with Crippen LogP contribution in [0.3, 0.4) is 0 Å². The molecule has 0 unspecified atom stereocenters. The molecule has 1 saturated heterocycles. The van der Waals surface area contributed by atoms with Gasteiger partial charge in [0.25, 0.3) is 5.91 Å². The lowest BCUT2D eigenvalue weighted by Gasteiger charge is -2.14. The number of anilines is 1. The van der Waals surface area contributed by atoms with Crippen LogP contribution < -0.4 is 10.7 Å². The number of urea groups is 1. The van der Waals surface area contributed by atoms with E-state index in [1.807, 2.05) is 6.07 Å². The van der Waals surface area contributed by atoms with Gasteiger partial charge in [-0.2, -0.15) is 10.3 Å². The SMILES string of the molecule is N#C/C=C1\NC(=O)N(Nc2ccccc2)C1=O. The summed E-state index contributed by atoms with van der Waals surface area (Å²) in [6.45, 7) is 0. The molecule has 1 aliphatic heterocycles. The number of para-hydroxylation sites is 1. The highest BCUT2D eigenvalue weighted by Crippen LogP contribution is 2.13. The summed E-state index contributed by atoms with van der Waals surface area (Å²) in [7, 11) is 0. The van der Waals surface area contributed by atoms with Crippen molar-refractivity contribution in [2.24, 2.45) is 0 Å². The van der Waals surface area contributed by atoms with E-state index < -0.39 is 11.9 Å². The summed E-state index contributed by atoms with van der Waals surface area (Å²) in [5.41, 5.74) is 3.22. The van der Waals surface area contributed by atoms with E-state index in [0.717, 1.165) is 11.1 Å². The maximum absolute atomic E-state index is 11.7. The molecule has 0 radical (unpaired) electrons. The smallest absolute Gasteiger partial charge is 0.300 e. The predicted molar refractivity (Wildman–Crippen MR) is 59.1 cm³/mol. The molecule has 0 bridgehead atoms. The van der Waals surface area contributed by atoms with Crippen LogP contribution in [0.25, 0.3) is 0 Å². The number of carbonyl (C=O) groups excluding carboxylic acids is 2. The second-order valence-electron chi connectivity index (χ2n) is 3.24. The van der Waals surface area contributed by atoms with Crippen LogP contribution in [0.2, 0.25) is 0 Å². The van der Waals surface area contributed by atoms with E-state index >= 15 is 0 Å². The molecule has 6 nitrogen and oxygen atoms in total. The fourth-order valence-corrected chi connectivity index (χ4v) is 1.34. The van der Waals surface area contributed by atoms with Crippen LogP contribution in [0.5, 0.6) is 0 Å². The van der Waals surface area contributed by atoms with E-state index in [9.17, 15) is 9.59 Å². The highest BCUT2D eigenvalue weighted by atomic mass is 16.2. The molecule has 17 heavy (non-hydrogen) atoms. The summed E-state index contributed by atoms with van der Waals surface area (Å²) >= 11 is 0. The molecule has 84 valence electrons. The zero-order chi connectivity index (χ0) is 12.3. The minimum Gasteiger partial charge on any atom is -0.300 e. The van der Waals surface area contributed by atoms with Crippen LogP contribution in [0.15, 0.2) is 42.1 Å². The van der Waals surface area contributed by atoms with Crippen LogP contribution in [0.1, 0.15) is 0 Å². The standard InChI is InChI=1S/C11H8N4O2/c12-7-6-9-10(16)15(11(17)13-9)14-8-4-2-1-3-5-8/h1-6,14H,(H,13,17)/b9-6-. The Morgan fingerprint density at radius 3 is 2.65 bits per heavy atom. The maximum Gasteiger partial charge on any atom is 0.348 e. The molecule has 3 amide bonds. The molecule has 2 N–H and O–H groups in total. The Morgan fingerprint density at radius 1 is 1.29 bits per heavy atom. The van der Waals surface area contributed by atoms with Gasteiger partial charge in [0.1, 0.15) is 5.70 Å². The molecule has 1 aromatic rings. The average Bonchev–Trinajstić information content (AvgIpc) is 2.59. The van der Waals surface area contributed by atoms with Crippen molar-refractivity contribution in [2.45, 2.75) is 0 Å². The Morgan fingerprint density at radius 2 is 2.00 bits per heavy atom. The lowest BCUT2D eigenvalue weighted by Crippen LogP contribution is -2.36. The monoisotopic (exact) mass is 228 g/mol. The fourth-order valence-electron chi connectivity index (χ4n) is 1.34. The number of allylic oxidation sites excluding steroid dienone is 1. The van der Waals surface area contributed by atoms with Crippen molar-refractivity contribution in [3.63, 3.8) is 0 Å². The van der Waals surface area contributed by atoms with Crippen LogP contribution >= 0.6 is 0 Å². The molecule has 6 heteroatoms. The van der Waals surface area contributed by atoms with E-state index in [4.69, 9.17) is 5.26 Å². The number of rotatable bonds is 2. The molecular weight excluding hydrogens is 220 g/mol. The zero-order valence-corrected chi connectivity index (χ0v) is 8.68. The van der Waals surface area contributed by atoms with Crippen LogP contribution in [0, 0.1) is 11.3 Å². The van der Waals surface area contributed by atoms with Gasteiger partial charge in [0.05, 0.1) is 11.8 Å². The van der Waals surface area contributed by atoms with Gasteiger partial charge in [0.2, 0.25) is 0 Å². The molecule has 0 saturated carbocycles. The lowest BCUT2D eigenvalue weighted by atomic mass is 10.3. The van der Waals surface area contributed by atoms with Gasteiger partial charge in [0.15, 0.2) is 0 Å². The molecule has 0 aromatic heterocycles. The van der Waals surface area contributed by atoms with Gasteiger partial charge < -0.3 is 5.32 Å². The van der Waals surface area contributed by atoms with Gasteiger partial charge in [-0.1, -0.05) is 18.2 Å². The lowest BCUT2D eigenvalue weighted by molar-refractivity contribution is -0.122. The maximum atomic E-state index is 11.7. The van der Waals surface area contributed by atoms with Gasteiger partial charge in [-0.3, -0.25) is 10.2 Å². The summed E-state index contributed by atoms with van der Waals surface area (Å²) in [5, 5.41) is 11.5. The molecule has 1 aromatic carbocycles. The summed E-state index contributed by atoms with van der Waals surface area (Å²) in [6.07, 6.45) is 0.993. The van der Waals surface area contributed by atoms with Crippen molar-refractivity contribution < 1.29 is 9.59 Å². The second kappa shape index (κ2) is 4.37. The Bertz CT molecular complexity index is 530. The number of hydrazine groups is 1. The van der Waals surface area contributed by atoms with Crippen molar-refractivity contribution in [1.29, 1.82) is 5.26 Å². The van der Waals surface area contributed by atoms with Gasteiger partial charge in [-0.25, -0.2) is 4.79 Å². The first-order valence-corrected chi connectivity index (χ1v) is 4.79. The summed E-state index contributed by atoms with van der Waals surface area (Å²) in [5.74, 6) is -0.583. The number of nitriles is 1. The third kappa shape index (κ3) is 2.08. The van der Waals surface area contributed by atoms with E-state index in [1.165, 1.54) is 0 Å². The fraction of sp³-hybridized carbons (Fsp3) is 0. The van der Waals surface area contributed by atoms with E-state index in [2.05, 4.69) is 10.7 Å². The molecule has 0 aliphatic carbocycles. The summed E-state index contributed by atoms with van der Waals surface area (Å²) < 4.78 is 0. The molecule has 1 fully saturated rings. The second-order valence-corrected chi connectivity index (χ2v) is 3.24. The Hall–Kier alpha value is -2.81. The summed E-state index contributed by atoms with van der Waals surface area (Å²) in [6, 6.07) is 9.87. The number of imide groups is 1. The quantitative estimate of drug-likeness (QED) is 0.448. The van der Waals surface area contributed by atoms with Crippen molar-refractivity contribution in [1.82, 2.24) is 10.3 Å². The normalized spacial score (nSPS) is 16.9. The van der Waals surface area contributed by atoms with Crippen molar-refractivity contribution in [3.8, 4) is 6.07 Å². The van der Waals surface area contributed by atoms with Crippen molar-refractivity contribution >= 4 is 17.6 Å². The van der Waals surface area contributed by atoms with Gasteiger partial charge >= 0.3 is 6.03 Å². The van der Waals surface area contributed by atoms with Crippen LogP contribution in [-0.2, 0) is 4.79 Å². The minimum atomic E-state index is -0.611. The number of hydrogen-bond donors (Lipinski definition) is 2. The predicted octanol–water partition coefficient (Wildman–Crippen LogP) is 0.973. The third-order valence-corrected chi connectivity index (χ3v) is 2.10. The highest BCUT2D eigenvalue weighted by Gasteiger charge is 2.33. The van der Waals surface area contributed by atoms with E-state index in [-0.39, 0.29) is 5.70 Å². The number of nitrogens with zero attached hydrogens (tertiary/aromatic N) is 2. The summed E-state index contributed by atoms with van der Waals surface area (Å²) in [4.78, 5) is 23.1. The third-order valence-electron chi connectivity index (χ3n) is 2.10. The first-order chi connectivity index (χ1) is 8.22. The molecular formula is C11H8N4O2. The van der Waals surface area contributed by atoms with Gasteiger partial charge in [-0.05, 0) is 12.1 Å². The van der Waals surface area contributed by atoms with Crippen molar-refractivity contribution in [3.05, 3.63) is 42.1 Å². The van der Waals surface area contributed by atoms with Gasteiger partial charge in [0, 0.05) is 6.08 Å².